The zero-order valence-electron chi connectivity index (χ0n) is 30.0. The third-order valence-electron chi connectivity index (χ3n) is 9.27. The Morgan fingerprint density at radius 3 is 1.36 bits per heavy atom. The van der Waals surface area contributed by atoms with Crippen molar-refractivity contribution in [3.63, 3.8) is 0 Å². The summed E-state index contributed by atoms with van der Waals surface area (Å²) in [5.74, 6) is 1.39. The highest BCUT2D eigenvalue weighted by Gasteiger charge is 2.22. The fraction of sp³-hybridized carbons (Fsp3) is 0.333. The molecule has 0 aliphatic carbocycles. The molecular weight excluding hydrogens is 676 g/mol. The lowest BCUT2D eigenvalue weighted by Gasteiger charge is -2.34. The SMILES string of the molecule is COc1cc(/C=C/C(=O)CC(=O)/C=C/c2cc(CN3CCN(c4ncccn4)CC3)c(O)c(OC)c2)cc(CN2CCN(c3ncccn3)CC2)c1O. The number of methoxy groups -OCH3 is 2. The summed E-state index contributed by atoms with van der Waals surface area (Å²) in [7, 11) is 2.97. The standard InChI is InChI=1S/C39H44N8O6/c1-52-34-23-28(21-30(36(34)50)26-44-13-17-46(18-14-44)38-40-9-3-10-41-38)5-7-32(48)25-33(49)8-6-29-22-31(37(51)35(24-29)53-2)27-45-15-19-47(20-16-45)39-42-11-4-12-43-39/h3-12,21-24,50-51H,13-20,25-27H2,1-2H3/b7-5+,8-6+. The quantitative estimate of drug-likeness (QED) is 0.144. The molecule has 276 valence electrons. The third kappa shape index (κ3) is 9.73. The molecule has 2 aromatic heterocycles. The van der Waals surface area contributed by atoms with Crippen molar-refractivity contribution >= 4 is 35.6 Å². The van der Waals surface area contributed by atoms with Crippen molar-refractivity contribution in [1.29, 1.82) is 0 Å². The number of allylic oxidation sites excluding steroid dienone is 2. The highest BCUT2D eigenvalue weighted by atomic mass is 16.5. The van der Waals surface area contributed by atoms with Gasteiger partial charge in [0.05, 0.1) is 20.6 Å². The van der Waals surface area contributed by atoms with E-state index < -0.39 is 0 Å². The number of rotatable bonds is 14. The number of phenols is 2. The summed E-state index contributed by atoms with van der Waals surface area (Å²) in [4.78, 5) is 51.7. The molecule has 2 aliphatic heterocycles. The van der Waals surface area contributed by atoms with Gasteiger partial charge in [0.1, 0.15) is 0 Å². The highest BCUT2D eigenvalue weighted by molar-refractivity contribution is 6.10. The average molecular weight is 721 g/mol. The molecule has 53 heavy (non-hydrogen) atoms. The van der Waals surface area contributed by atoms with E-state index >= 15 is 0 Å². The lowest BCUT2D eigenvalue weighted by atomic mass is 10.0. The molecule has 14 heteroatoms. The predicted octanol–water partition coefficient (Wildman–Crippen LogP) is 3.59. The van der Waals surface area contributed by atoms with Crippen LogP contribution >= 0.6 is 0 Å². The Morgan fingerprint density at radius 2 is 1.00 bits per heavy atom. The summed E-state index contributed by atoms with van der Waals surface area (Å²) in [6, 6.07) is 10.5. The summed E-state index contributed by atoms with van der Waals surface area (Å²) in [6.07, 6.45) is 12.6. The molecule has 6 rings (SSSR count). The smallest absolute Gasteiger partial charge is 0.225 e. The van der Waals surface area contributed by atoms with Gasteiger partial charge >= 0.3 is 0 Å². The van der Waals surface area contributed by atoms with Crippen LogP contribution in [0.25, 0.3) is 12.2 Å². The van der Waals surface area contributed by atoms with Gasteiger partial charge in [0.25, 0.3) is 0 Å². The number of aromatic nitrogens is 4. The van der Waals surface area contributed by atoms with E-state index in [4.69, 9.17) is 9.47 Å². The number of phenolic OH excluding ortho intramolecular Hbond substituents is 2. The largest absolute Gasteiger partial charge is 0.504 e. The Morgan fingerprint density at radius 1 is 0.623 bits per heavy atom. The molecule has 0 spiro atoms. The van der Waals surface area contributed by atoms with E-state index in [9.17, 15) is 19.8 Å². The first-order valence-corrected chi connectivity index (χ1v) is 17.5. The molecule has 14 nitrogen and oxygen atoms in total. The molecule has 2 N–H and O–H groups in total. The van der Waals surface area contributed by atoms with E-state index in [-0.39, 0.29) is 29.5 Å². The second kappa shape index (κ2) is 17.6. The zero-order valence-corrected chi connectivity index (χ0v) is 30.0. The van der Waals surface area contributed by atoms with E-state index in [2.05, 4.69) is 39.5 Å². The lowest BCUT2D eigenvalue weighted by Crippen LogP contribution is -2.46. The maximum atomic E-state index is 12.8. The minimum absolute atomic E-state index is 0.0554. The number of ketones is 2. The van der Waals surface area contributed by atoms with Gasteiger partial charge in [0, 0.05) is 101 Å². The van der Waals surface area contributed by atoms with Crippen molar-refractivity contribution in [3.8, 4) is 23.0 Å². The minimum atomic E-state index is -0.364. The number of carbonyl (C=O) groups is 2. The van der Waals surface area contributed by atoms with Gasteiger partial charge in [-0.15, -0.1) is 0 Å². The number of ether oxygens (including phenoxy) is 2. The first-order valence-electron chi connectivity index (χ1n) is 17.5. The number of anilines is 2. The van der Waals surface area contributed by atoms with Crippen LogP contribution in [0.4, 0.5) is 11.9 Å². The normalized spacial score (nSPS) is 15.7. The Bertz CT molecular complexity index is 1790. The first kappa shape index (κ1) is 36.9. The molecular formula is C39H44N8O6. The molecule has 4 aromatic rings. The van der Waals surface area contributed by atoms with Crippen LogP contribution in [-0.2, 0) is 22.7 Å². The number of aromatic hydroxyl groups is 2. The van der Waals surface area contributed by atoms with Crippen molar-refractivity contribution < 1.29 is 29.3 Å². The fourth-order valence-electron chi connectivity index (χ4n) is 6.39. The Balaban J connectivity index is 1.04. The topological polar surface area (TPSA) is 158 Å². The maximum Gasteiger partial charge on any atom is 0.225 e. The summed E-state index contributed by atoms with van der Waals surface area (Å²) in [5.41, 5.74) is 2.68. The monoisotopic (exact) mass is 720 g/mol. The van der Waals surface area contributed by atoms with Gasteiger partial charge in [0.2, 0.25) is 11.9 Å². The van der Waals surface area contributed by atoms with Crippen LogP contribution < -0.4 is 19.3 Å². The van der Waals surface area contributed by atoms with Gasteiger partial charge in [-0.05, 0) is 59.7 Å². The van der Waals surface area contributed by atoms with E-state index in [0.29, 0.717) is 58.7 Å². The molecule has 2 saturated heterocycles. The Kier molecular flexibility index (Phi) is 12.2. The molecule has 0 atom stereocenters. The number of piperazine rings is 2. The number of benzene rings is 2. The van der Waals surface area contributed by atoms with Crippen molar-refractivity contribution in [3.05, 3.63) is 95.6 Å². The van der Waals surface area contributed by atoms with Crippen LogP contribution in [0.3, 0.4) is 0 Å². The van der Waals surface area contributed by atoms with Gasteiger partial charge in [-0.1, -0.05) is 12.2 Å². The Hall–Kier alpha value is -5.86. The van der Waals surface area contributed by atoms with Gasteiger partial charge < -0.3 is 29.5 Å². The summed E-state index contributed by atoms with van der Waals surface area (Å²) in [6.45, 7) is 7.04. The molecule has 0 unspecified atom stereocenters. The lowest BCUT2D eigenvalue weighted by molar-refractivity contribution is -0.121. The predicted molar refractivity (Wildman–Crippen MR) is 201 cm³/mol. The van der Waals surface area contributed by atoms with Crippen LogP contribution in [0, 0.1) is 0 Å². The van der Waals surface area contributed by atoms with Crippen molar-refractivity contribution in [2.75, 3.05) is 76.4 Å². The number of carbonyl (C=O) groups excluding carboxylic acids is 2. The molecule has 0 radical (unpaired) electrons. The van der Waals surface area contributed by atoms with E-state index in [0.717, 1.165) is 52.4 Å². The number of hydrogen-bond donors (Lipinski definition) is 2. The van der Waals surface area contributed by atoms with Gasteiger partial charge in [-0.25, -0.2) is 19.9 Å². The van der Waals surface area contributed by atoms with E-state index in [1.165, 1.54) is 26.4 Å². The maximum absolute atomic E-state index is 12.8. The minimum Gasteiger partial charge on any atom is -0.504 e. The van der Waals surface area contributed by atoms with Gasteiger partial charge in [0.15, 0.2) is 34.6 Å². The number of nitrogens with zero attached hydrogens (tertiary/aromatic N) is 8. The number of hydrogen-bond acceptors (Lipinski definition) is 14. The first-order chi connectivity index (χ1) is 25.8. The van der Waals surface area contributed by atoms with Crippen LogP contribution in [0.5, 0.6) is 23.0 Å². The molecule has 2 fully saturated rings. The summed E-state index contributed by atoms with van der Waals surface area (Å²) >= 11 is 0. The zero-order chi connectivity index (χ0) is 37.2. The summed E-state index contributed by atoms with van der Waals surface area (Å²) < 4.78 is 10.8. The molecule has 0 bridgehead atoms. The fourth-order valence-corrected chi connectivity index (χ4v) is 6.39. The van der Waals surface area contributed by atoms with Crippen molar-refractivity contribution in [2.24, 2.45) is 0 Å². The molecule has 4 heterocycles. The second-order valence-corrected chi connectivity index (χ2v) is 12.9. The summed E-state index contributed by atoms with van der Waals surface area (Å²) in [5, 5.41) is 21.7. The molecule has 0 saturated carbocycles. The van der Waals surface area contributed by atoms with Crippen LogP contribution in [-0.4, -0.2) is 118 Å². The molecule has 2 aliphatic rings. The second-order valence-electron chi connectivity index (χ2n) is 12.9. The van der Waals surface area contributed by atoms with Gasteiger partial charge in [-0.2, -0.15) is 0 Å². The van der Waals surface area contributed by atoms with Crippen molar-refractivity contribution in [1.82, 2.24) is 29.7 Å². The van der Waals surface area contributed by atoms with E-state index in [1.54, 1.807) is 61.2 Å². The molecule has 2 aromatic carbocycles. The van der Waals surface area contributed by atoms with Crippen molar-refractivity contribution in [2.45, 2.75) is 19.5 Å². The highest BCUT2D eigenvalue weighted by Crippen LogP contribution is 2.34. The third-order valence-corrected chi connectivity index (χ3v) is 9.27. The average Bonchev–Trinajstić information content (AvgIpc) is 3.19. The Labute approximate surface area is 308 Å². The van der Waals surface area contributed by atoms with Crippen LogP contribution in [0.1, 0.15) is 28.7 Å². The van der Waals surface area contributed by atoms with E-state index in [1.807, 2.05) is 12.1 Å². The van der Waals surface area contributed by atoms with Crippen LogP contribution in [0.2, 0.25) is 0 Å². The molecule has 0 amide bonds. The van der Waals surface area contributed by atoms with Crippen LogP contribution in [0.15, 0.2) is 73.3 Å². The van der Waals surface area contributed by atoms with Gasteiger partial charge in [-0.3, -0.25) is 19.4 Å².